The third kappa shape index (κ3) is 1.41. The molecule has 6 heteroatoms. The molecule has 1 amide bonds. The summed E-state index contributed by atoms with van der Waals surface area (Å²) < 4.78 is 40.1. The third-order valence-electron chi connectivity index (χ3n) is 1.23. The summed E-state index contributed by atoms with van der Waals surface area (Å²) in [6, 6.07) is 0. The van der Waals surface area contributed by atoms with Crippen molar-refractivity contribution in [3.8, 4) is 0 Å². The molecular formula is C6H4F3NO2. The molecule has 0 radical (unpaired) electrons. The van der Waals surface area contributed by atoms with E-state index in [0.29, 0.717) is 12.5 Å². The van der Waals surface area contributed by atoms with E-state index in [9.17, 15) is 18.0 Å². The van der Waals surface area contributed by atoms with Gasteiger partial charge in [0.05, 0.1) is 5.56 Å². The summed E-state index contributed by atoms with van der Waals surface area (Å²) in [7, 11) is 0. The molecule has 0 fully saturated rings. The summed E-state index contributed by atoms with van der Waals surface area (Å²) in [6.45, 7) is 0. The lowest BCUT2D eigenvalue weighted by molar-refractivity contribution is -0.138. The zero-order valence-corrected chi connectivity index (χ0v) is 5.68. The van der Waals surface area contributed by atoms with E-state index < -0.39 is 23.2 Å². The molecule has 66 valence electrons. The molecule has 12 heavy (non-hydrogen) atoms. The van der Waals surface area contributed by atoms with Crippen LogP contribution in [0, 0.1) is 0 Å². The highest BCUT2D eigenvalue weighted by Gasteiger charge is 2.36. The van der Waals surface area contributed by atoms with E-state index in [2.05, 4.69) is 10.2 Å². The smallest absolute Gasteiger partial charge is 0.420 e. The van der Waals surface area contributed by atoms with Gasteiger partial charge in [-0.15, -0.1) is 0 Å². The first-order chi connectivity index (χ1) is 5.43. The number of primary amides is 1. The lowest BCUT2D eigenvalue weighted by Gasteiger charge is -2.03. The maximum Gasteiger partial charge on any atom is 0.420 e. The fourth-order valence-corrected chi connectivity index (χ4v) is 0.707. The Kier molecular flexibility index (Phi) is 1.83. The molecule has 1 aromatic heterocycles. The van der Waals surface area contributed by atoms with Gasteiger partial charge in [0.1, 0.15) is 18.1 Å². The predicted molar refractivity (Wildman–Crippen MR) is 32.2 cm³/mol. The number of carbonyl (C=O) groups excluding carboxylic acids is 1. The molecule has 0 saturated heterocycles. The van der Waals surface area contributed by atoms with E-state index in [1.807, 2.05) is 0 Å². The van der Waals surface area contributed by atoms with Crippen molar-refractivity contribution in [3.05, 3.63) is 23.7 Å². The molecule has 0 aliphatic heterocycles. The van der Waals surface area contributed by atoms with Crippen LogP contribution >= 0.6 is 0 Å². The van der Waals surface area contributed by atoms with Crippen LogP contribution in [0.4, 0.5) is 13.2 Å². The number of furan rings is 1. The minimum Gasteiger partial charge on any atom is -0.471 e. The molecule has 1 heterocycles. The van der Waals surface area contributed by atoms with Crippen molar-refractivity contribution in [3.63, 3.8) is 0 Å². The van der Waals surface area contributed by atoms with Crippen molar-refractivity contribution >= 4 is 5.91 Å². The lowest BCUT2D eigenvalue weighted by atomic mass is 10.2. The van der Waals surface area contributed by atoms with Crippen molar-refractivity contribution in [2.45, 2.75) is 6.18 Å². The zero-order chi connectivity index (χ0) is 9.35. The molecule has 0 spiro atoms. The maximum atomic E-state index is 12.0. The average Bonchev–Trinajstić information content (AvgIpc) is 2.30. The van der Waals surface area contributed by atoms with Gasteiger partial charge in [-0.2, -0.15) is 13.2 Å². The van der Waals surface area contributed by atoms with Crippen molar-refractivity contribution < 1.29 is 22.4 Å². The van der Waals surface area contributed by atoms with E-state index in [-0.39, 0.29) is 0 Å². The van der Waals surface area contributed by atoms with Gasteiger partial charge in [0.15, 0.2) is 0 Å². The highest BCUT2D eigenvalue weighted by molar-refractivity contribution is 5.94. The Hall–Kier alpha value is -1.46. The van der Waals surface area contributed by atoms with Gasteiger partial charge in [-0.05, 0) is 0 Å². The third-order valence-corrected chi connectivity index (χ3v) is 1.23. The Balaban J connectivity index is 3.17. The summed E-state index contributed by atoms with van der Waals surface area (Å²) >= 11 is 0. The first-order valence-corrected chi connectivity index (χ1v) is 2.86. The Morgan fingerprint density at radius 2 is 2.00 bits per heavy atom. The first kappa shape index (κ1) is 8.63. The number of nitrogens with two attached hydrogens (primary N) is 1. The average molecular weight is 179 g/mol. The van der Waals surface area contributed by atoms with Crippen LogP contribution in [0.1, 0.15) is 15.9 Å². The number of alkyl halides is 3. The monoisotopic (exact) mass is 179 g/mol. The minimum absolute atomic E-state index is 0.445. The van der Waals surface area contributed by atoms with E-state index in [4.69, 9.17) is 0 Å². The number of hydrogen-bond donors (Lipinski definition) is 1. The molecular weight excluding hydrogens is 175 g/mol. The second-order valence-corrected chi connectivity index (χ2v) is 2.06. The summed E-state index contributed by atoms with van der Waals surface area (Å²) in [5.41, 5.74) is 2.86. The van der Waals surface area contributed by atoms with E-state index >= 15 is 0 Å². The highest BCUT2D eigenvalue weighted by Crippen LogP contribution is 2.32. The number of amides is 1. The second kappa shape index (κ2) is 2.54. The van der Waals surface area contributed by atoms with Crippen LogP contribution in [0.15, 0.2) is 16.9 Å². The molecule has 0 aromatic carbocycles. The quantitative estimate of drug-likeness (QED) is 0.708. The molecule has 1 aromatic rings. The van der Waals surface area contributed by atoms with Crippen LogP contribution in [0.2, 0.25) is 0 Å². The summed E-state index contributed by atoms with van der Waals surface area (Å²) in [5.74, 6) is -1.16. The van der Waals surface area contributed by atoms with Crippen LogP contribution in [-0.4, -0.2) is 5.91 Å². The van der Waals surface area contributed by atoms with Gasteiger partial charge in [0.2, 0.25) is 0 Å². The summed E-state index contributed by atoms with van der Waals surface area (Å²) in [5, 5.41) is 0. The van der Waals surface area contributed by atoms with E-state index in [1.165, 1.54) is 0 Å². The zero-order valence-electron chi connectivity index (χ0n) is 5.68. The first-order valence-electron chi connectivity index (χ1n) is 2.86. The van der Waals surface area contributed by atoms with Gasteiger partial charge in [-0.25, -0.2) is 0 Å². The molecule has 3 nitrogen and oxygen atoms in total. The van der Waals surface area contributed by atoms with Gasteiger partial charge in [0, 0.05) is 0 Å². The summed E-state index contributed by atoms with van der Waals surface area (Å²) in [6.07, 6.45) is -3.48. The Morgan fingerprint density at radius 1 is 1.42 bits per heavy atom. The lowest BCUT2D eigenvalue weighted by Crippen LogP contribution is -2.16. The highest BCUT2D eigenvalue weighted by atomic mass is 19.4. The topological polar surface area (TPSA) is 56.2 Å². The van der Waals surface area contributed by atoms with E-state index in [1.54, 1.807) is 0 Å². The van der Waals surface area contributed by atoms with Crippen LogP contribution in [-0.2, 0) is 6.18 Å². The van der Waals surface area contributed by atoms with Gasteiger partial charge in [-0.3, -0.25) is 4.79 Å². The number of hydrogen-bond acceptors (Lipinski definition) is 2. The number of carbonyl (C=O) groups is 1. The van der Waals surface area contributed by atoms with Crippen molar-refractivity contribution in [1.29, 1.82) is 0 Å². The molecule has 1 rings (SSSR count). The molecule has 0 atom stereocenters. The van der Waals surface area contributed by atoms with Crippen LogP contribution in [0.25, 0.3) is 0 Å². The predicted octanol–water partition coefficient (Wildman–Crippen LogP) is 1.40. The fourth-order valence-electron chi connectivity index (χ4n) is 0.707. The van der Waals surface area contributed by atoms with E-state index in [0.717, 1.165) is 0 Å². The summed E-state index contributed by atoms with van der Waals surface area (Å²) in [4.78, 5) is 10.4. The number of rotatable bonds is 1. The van der Waals surface area contributed by atoms with Crippen LogP contribution in [0.5, 0.6) is 0 Å². The Morgan fingerprint density at radius 3 is 2.33 bits per heavy atom. The van der Waals surface area contributed by atoms with Crippen molar-refractivity contribution in [2.24, 2.45) is 5.73 Å². The van der Waals surface area contributed by atoms with Gasteiger partial charge in [0.25, 0.3) is 5.91 Å². The van der Waals surface area contributed by atoms with Gasteiger partial charge < -0.3 is 10.2 Å². The Labute approximate surface area is 65.0 Å². The van der Waals surface area contributed by atoms with Crippen molar-refractivity contribution in [2.75, 3.05) is 0 Å². The standard InChI is InChI=1S/C6H4F3NO2/c7-6(8,9)4-2-12-1-3(4)5(10)11/h1-2H,(H2,10,11). The molecule has 0 unspecified atom stereocenters. The molecule has 2 N–H and O–H groups in total. The molecule has 0 aliphatic carbocycles. The molecule has 0 saturated carbocycles. The normalized spacial score (nSPS) is 11.6. The Bertz CT molecular complexity index is 302. The fraction of sp³-hybridized carbons (Fsp3) is 0.167. The van der Waals surface area contributed by atoms with Gasteiger partial charge in [-0.1, -0.05) is 0 Å². The minimum atomic E-state index is -4.60. The largest absolute Gasteiger partial charge is 0.471 e. The number of halogens is 3. The SMILES string of the molecule is NC(=O)c1cocc1C(F)(F)F. The van der Waals surface area contributed by atoms with Crippen LogP contribution in [0.3, 0.4) is 0 Å². The second-order valence-electron chi connectivity index (χ2n) is 2.06. The van der Waals surface area contributed by atoms with Crippen molar-refractivity contribution in [1.82, 2.24) is 0 Å². The van der Waals surface area contributed by atoms with Gasteiger partial charge >= 0.3 is 6.18 Å². The molecule has 0 bridgehead atoms. The van der Waals surface area contributed by atoms with Crippen LogP contribution < -0.4 is 5.73 Å². The molecule has 0 aliphatic rings. The maximum absolute atomic E-state index is 12.0.